The van der Waals surface area contributed by atoms with Gasteiger partial charge >= 0.3 is 6.18 Å². The van der Waals surface area contributed by atoms with Crippen LogP contribution in [0.3, 0.4) is 0 Å². The van der Waals surface area contributed by atoms with Crippen molar-refractivity contribution in [3.63, 3.8) is 0 Å². The van der Waals surface area contributed by atoms with Crippen molar-refractivity contribution in [2.24, 2.45) is 0 Å². The monoisotopic (exact) mass is 402 g/mol. The van der Waals surface area contributed by atoms with E-state index in [2.05, 4.69) is 36.5 Å². The molecule has 2 aromatic rings. The number of hydrogen-bond donors (Lipinski definition) is 2. The van der Waals surface area contributed by atoms with Crippen LogP contribution < -0.4 is 10.6 Å². The Hall–Kier alpha value is -1.83. The molecule has 1 aromatic carbocycles. The highest BCUT2D eigenvalue weighted by Crippen LogP contribution is 2.32. The topological polar surface area (TPSA) is 49.8 Å². The minimum Gasteiger partial charge on any atom is -0.352 e. The molecule has 0 amide bonds. The predicted molar refractivity (Wildman–Crippen MR) is 92.6 cm³/mol. The third kappa shape index (κ3) is 4.83. The normalized spacial score (nSPS) is 12.8. The van der Waals surface area contributed by atoms with E-state index in [9.17, 15) is 13.2 Å². The van der Waals surface area contributed by atoms with Gasteiger partial charge in [0.25, 0.3) is 0 Å². The van der Waals surface area contributed by atoms with E-state index in [1.807, 2.05) is 32.9 Å². The molecule has 1 heterocycles. The first-order chi connectivity index (χ1) is 11.2. The lowest BCUT2D eigenvalue weighted by Crippen LogP contribution is -2.18. The summed E-state index contributed by atoms with van der Waals surface area (Å²) >= 11 is 3.39. The van der Waals surface area contributed by atoms with Crippen molar-refractivity contribution in [1.29, 1.82) is 0 Å². The molecule has 0 spiro atoms. The van der Waals surface area contributed by atoms with Gasteiger partial charge in [-0.25, -0.2) is 4.98 Å². The maximum absolute atomic E-state index is 13.1. The third-order valence-corrected chi connectivity index (χ3v) is 4.05. The number of rotatable bonds is 5. The molecule has 8 heteroatoms. The van der Waals surface area contributed by atoms with Crippen molar-refractivity contribution in [3.05, 3.63) is 40.0 Å². The predicted octanol–water partition coefficient (Wildman–Crippen LogP) is 5.52. The van der Waals surface area contributed by atoms with Crippen LogP contribution >= 0.6 is 15.9 Å². The number of aromatic nitrogens is 2. The Bertz CT molecular complexity index is 719. The summed E-state index contributed by atoms with van der Waals surface area (Å²) in [7, 11) is 0. The van der Waals surface area contributed by atoms with E-state index in [0.29, 0.717) is 5.69 Å². The lowest BCUT2D eigenvalue weighted by atomic mass is 10.2. The van der Waals surface area contributed by atoms with Crippen LogP contribution in [-0.2, 0) is 6.18 Å². The van der Waals surface area contributed by atoms with Gasteiger partial charge in [0.2, 0.25) is 5.95 Å². The molecule has 1 aromatic heterocycles. The van der Waals surface area contributed by atoms with Gasteiger partial charge in [0.1, 0.15) is 5.82 Å². The minimum atomic E-state index is -4.55. The standard InChI is InChI=1S/C16H18BrF3N4/c1-4-10(3)21-15-23-13(16(18,19)20)8-14(24-15)22-12-6-5-9(2)7-11(12)17/h5-8,10H,4H2,1-3H3,(H2,21,22,23,24)/t10-/m0/s1. The van der Waals surface area contributed by atoms with Crippen LogP contribution in [0.5, 0.6) is 0 Å². The van der Waals surface area contributed by atoms with Crippen LogP contribution in [0.1, 0.15) is 31.5 Å². The number of anilines is 3. The van der Waals surface area contributed by atoms with Crippen molar-refractivity contribution in [2.45, 2.75) is 39.4 Å². The van der Waals surface area contributed by atoms with E-state index < -0.39 is 11.9 Å². The molecule has 0 aliphatic carbocycles. The Labute approximate surface area is 147 Å². The van der Waals surface area contributed by atoms with Crippen molar-refractivity contribution < 1.29 is 13.2 Å². The summed E-state index contributed by atoms with van der Waals surface area (Å²) < 4.78 is 40.0. The number of benzene rings is 1. The highest BCUT2D eigenvalue weighted by atomic mass is 79.9. The summed E-state index contributed by atoms with van der Waals surface area (Å²) in [6.45, 7) is 5.70. The Morgan fingerprint density at radius 3 is 2.50 bits per heavy atom. The molecule has 0 aliphatic rings. The smallest absolute Gasteiger partial charge is 0.352 e. The van der Waals surface area contributed by atoms with Gasteiger partial charge in [0.05, 0.1) is 5.69 Å². The van der Waals surface area contributed by atoms with Crippen molar-refractivity contribution >= 4 is 33.4 Å². The summed E-state index contributed by atoms with van der Waals surface area (Å²) in [4.78, 5) is 7.71. The number of hydrogen-bond acceptors (Lipinski definition) is 4. The van der Waals surface area contributed by atoms with Crippen molar-refractivity contribution in [3.8, 4) is 0 Å². The maximum atomic E-state index is 13.1. The zero-order valence-corrected chi connectivity index (χ0v) is 15.1. The summed E-state index contributed by atoms with van der Waals surface area (Å²) in [6, 6.07) is 6.36. The fourth-order valence-electron chi connectivity index (χ4n) is 1.90. The molecule has 0 aliphatic heterocycles. The second-order valence-corrected chi connectivity index (χ2v) is 6.38. The number of alkyl halides is 3. The molecule has 0 fully saturated rings. The molecule has 24 heavy (non-hydrogen) atoms. The molecule has 2 N–H and O–H groups in total. The van der Waals surface area contributed by atoms with Gasteiger partial charge < -0.3 is 10.6 Å². The molecule has 1 atom stereocenters. The third-order valence-electron chi connectivity index (χ3n) is 3.39. The molecule has 0 bridgehead atoms. The minimum absolute atomic E-state index is 0.0348. The Balaban J connectivity index is 2.38. The SMILES string of the molecule is CC[C@H](C)Nc1nc(Nc2ccc(C)cc2Br)cc(C(F)(F)F)n1. The fraction of sp³-hybridized carbons (Fsp3) is 0.375. The second kappa shape index (κ2) is 7.38. The molecular weight excluding hydrogens is 385 g/mol. The van der Waals surface area contributed by atoms with Gasteiger partial charge in [-0.15, -0.1) is 0 Å². The Kier molecular flexibility index (Phi) is 5.69. The van der Waals surface area contributed by atoms with Gasteiger partial charge in [-0.1, -0.05) is 13.0 Å². The van der Waals surface area contributed by atoms with Crippen LogP contribution in [0, 0.1) is 6.92 Å². The maximum Gasteiger partial charge on any atom is 0.433 e. The first-order valence-corrected chi connectivity index (χ1v) is 8.24. The largest absolute Gasteiger partial charge is 0.433 e. The zero-order chi connectivity index (χ0) is 17.9. The summed E-state index contributed by atoms with van der Waals surface area (Å²) in [5.74, 6) is 0.0255. The fourth-order valence-corrected chi connectivity index (χ4v) is 2.50. The molecule has 0 saturated heterocycles. The van der Waals surface area contributed by atoms with Gasteiger partial charge in [-0.3, -0.25) is 0 Å². The second-order valence-electron chi connectivity index (χ2n) is 5.52. The lowest BCUT2D eigenvalue weighted by molar-refractivity contribution is -0.141. The van der Waals surface area contributed by atoms with Crippen LogP contribution in [0.4, 0.5) is 30.6 Å². The average molecular weight is 403 g/mol. The molecule has 0 saturated carbocycles. The van der Waals surface area contributed by atoms with Crippen molar-refractivity contribution in [2.75, 3.05) is 10.6 Å². The van der Waals surface area contributed by atoms with Gasteiger partial charge in [-0.05, 0) is 53.9 Å². The Morgan fingerprint density at radius 2 is 1.92 bits per heavy atom. The lowest BCUT2D eigenvalue weighted by Gasteiger charge is -2.16. The number of aryl methyl sites for hydroxylation is 1. The van der Waals surface area contributed by atoms with E-state index in [4.69, 9.17) is 0 Å². The Morgan fingerprint density at radius 1 is 1.21 bits per heavy atom. The zero-order valence-electron chi connectivity index (χ0n) is 13.5. The number of nitrogens with one attached hydrogen (secondary N) is 2. The summed E-state index contributed by atoms with van der Waals surface area (Å²) in [5, 5.41) is 5.79. The first kappa shape index (κ1) is 18.5. The van der Waals surface area contributed by atoms with E-state index in [1.165, 1.54) is 0 Å². The van der Waals surface area contributed by atoms with Crippen LogP contribution in [-0.4, -0.2) is 16.0 Å². The van der Waals surface area contributed by atoms with Crippen molar-refractivity contribution in [1.82, 2.24) is 9.97 Å². The molecule has 0 radical (unpaired) electrons. The number of nitrogens with zero attached hydrogens (tertiary/aromatic N) is 2. The quantitative estimate of drug-likeness (QED) is 0.690. The summed E-state index contributed by atoms with van der Waals surface area (Å²) in [6.07, 6.45) is -3.80. The highest BCUT2D eigenvalue weighted by Gasteiger charge is 2.34. The molecule has 0 unspecified atom stereocenters. The van der Waals surface area contributed by atoms with E-state index >= 15 is 0 Å². The molecule has 4 nitrogen and oxygen atoms in total. The number of halogens is 4. The van der Waals surface area contributed by atoms with Crippen LogP contribution in [0.15, 0.2) is 28.7 Å². The molecule has 2 rings (SSSR count). The van der Waals surface area contributed by atoms with Gasteiger partial charge in [0.15, 0.2) is 5.69 Å². The average Bonchev–Trinajstić information content (AvgIpc) is 2.49. The first-order valence-electron chi connectivity index (χ1n) is 7.45. The molecule has 130 valence electrons. The van der Waals surface area contributed by atoms with Gasteiger partial charge in [-0.2, -0.15) is 18.2 Å². The summed E-state index contributed by atoms with van der Waals surface area (Å²) in [5.41, 5.74) is 0.668. The van der Waals surface area contributed by atoms with E-state index in [0.717, 1.165) is 22.5 Å². The van der Waals surface area contributed by atoms with E-state index in [1.54, 1.807) is 6.07 Å². The van der Waals surface area contributed by atoms with Gasteiger partial charge in [0, 0.05) is 16.6 Å². The van der Waals surface area contributed by atoms with E-state index in [-0.39, 0.29) is 17.8 Å². The highest BCUT2D eigenvalue weighted by molar-refractivity contribution is 9.10. The van der Waals surface area contributed by atoms with Crippen LogP contribution in [0.25, 0.3) is 0 Å². The molecular formula is C16H18BrF3N4. The van der Waals surface area contributed by atoms with Crippen LogP contribution in [0.2, 0.25) is 0 Å².